The predicted octanol–water partition coefficient (Wildman–Crippen LogP) is 2.82. The van der Waals surface area contributed by atoms with Gasteiger partial charge in [0.1, 0.15) is 12.6 Å². The minimum Gasteiger partial charge on any atom is -0.352 e. The van der Waals surface area contributed by atoms with E-state index in [2.05, 4.69) is 5.32 Å². The molecule has 1 aliphatic rings. The molecule has 0 heterocycles. The minimum absolute atomic E-state index is 0.131. The number of para-hydroxylation sites is 1. The van der Waals surface area contributed by atoms with Gasteiger partial charge in [-0.25, -0.2) is 4.31 Å². The summed E-state index contributed by atoms with van der Waals surface area (Å²) < 4.78 is 28.4. The Hall–Kier alpha value is -2.91. The molecule has 0 spiro atoms. The molecule has 9 heteroatoms. The largest absolute Gasteiger partial charge is 0.352 e. The summed E-state index contributed by atoms with van der Waals surface area (Å²) in [5.74, 6) is -0.635. The summed E-state index contributed by atoms with van der Waals surface area (Å²) in [7, 11) is -1.07. The third kappa shape index (κ3) is 7.05. The second-order valence-electron chi connectivity index (χ2n) is 9.12. The molecule has 190 valence electrons. The van der Waals surface area contributed by atoms with Gasteiger partial charge in [0.25, 0.3) is 0 Å². The first kappa shape index (κ1) is 26.7. The maximum atomic E-state index is 13.6. The van der Waals surface area contributed by atoms with E-state index in [1.807, 2.05) is 30.3 Å². The zero-order valence-electron chi connectivity index (χ0n) is 20.8. The molecule has 0 saturated heterocycles. The molecule has 0 aliphatic heterocycles. The molecule has 2 aromatic carbocycles. The van der Waals surface area contributed by atoms with Crippen molar-refractivity contribution in [2.45, 2.75) is 51.1 Å². The van der Waals surface area contributed by atoms with Crippen molar-refractivity contribution in [3.8, 4) is 0 Å². The van der Waals surface area contributed by atoms with Crippen LogP contribution in [0.5, 0.6) is 0 Å². The Morgan fingerprint density at radius 3 is 2.11 bits per heavy atom. The second kappa shape index (κ2) is 12.2. The van der Waals surface area contributed by atoms with Crippen LogP contribution in [-0.4, -0.2) is 68.7 Å². The summed E-state index contributed by atoms with van der Waals surface area (Å²) in [5.41, 5.74) is 1.43. The standard InChI is InChI=1S/C26H36N4O4S/c1-21(26(32)27-23-14-10-11-15-23)29(19-18-22-12-6-4-7-13-22)25(31)20-30(35(33,34)28(2)3)24-16-8-5-9-17-24/h4-9,12-13,16-17,21,23H,10-11,14-15,18-20H2,1-3H3,(H,27,32)/t21-/m1/s1. The van der Waals surface area contributed by atoms with E-state index in [1.54, 1.807) is 37.3 Å². The number of rotatable bonds is 11. The van der Waals surface area contributed by atoms with E-state index in [-0.39, 0.29) is 11.9 Å². The molecule has 0 unspecified atom stereocenters. The van der Waals surface area contributed by atoms with Crippen LogP contribution in [-0.2, 0) is 26.2 Å². The molecule has 35 heavy (non-hydrogen) atoms. The van der Waals surface area contributed by atoms with Crippen LogP contribution in [0.3, 0.4) is 0 Å². The molecule has 1 saturated carbocycles. The van der Waals surface area contributed by atoms with Crippen molar-refractivity contribution >= 4 is 27.7 Å². The molecule has 1 aliphatic carbocycles. The Morgan fingerprint density at radius 2 is 1.54 bits per heavy atom. The van der Waals surface area contributed by atoms with Crippen LogP contribution in [0.15, 0.2) is 60.7 Å². The van der Waals surface area contributed by atoms with Gasteiger partial charge < -0.3 is 10.2 Å². The Bertz CT molecular complexity index is 1070. The van der Waals surface area contributed by atoms with Gasteiger partial charge in [-0.1, -0.05) is 61.4 Å². The first-order valence-corrected chi connectivity index (χ1v) is 13.5. The van der Waals surface area contributed by atoms with Crippen LogP contribution < -0.4 is 9.62 Å². The number of benzene rings is 2. The lowest BCUT2D eigenvalue weighted by Gasteiger charge is -2.33. The van der Waals surface area contributed by atoms with Crippen LogP contribution >= 0.6 is 0 Å². The van der Waals surface area contributed by atoms with Crippen molar-refractivity contribution < 1.29 is 18.0 Å². The minimum atomic E-state index is -3.93. The summed E-state index contributed by atoms with van der Waals surface area (Å²) in [6, 6.07) is 17.7. The van der Waals surface area contributed by atoms with E-state index in [1.165, 1.54) is 19.0 Å². The van der Waals surface area contributed by atoms with E-state index >= 15 is 0 Å². The highest BCUT2D eigenvalue weighted by Crippen LogP contribution is 2.21. The fraction of sp³-hybridized carbons (Fsp3) is 0.462. The molecule has 1 fully saturated rings. The predicted molar refractivity (Wildman–Crippen MR) is 138 cm³/mol. The molecule has 1 N–H and O–H groups in total. The molecule has 0 bridgehead atoms. The van der Waals surface area contributed by atoms with E-state index in [0.29, 0.717) is 18.7 Å². The molecule has 2 amide bonds. The fourth-order valence-corrected chi connectivity index (χ4v) is 5.33. The highest BCUT2D eigenvalue weighted by atomic mass is 32.2. The lowest BCUT2D eigenvalue weighted by atomic mass is 10.1. The van der Waals surface area contributed by atoms with Crippen LogP contribution in [0.2, 0.25) is 0 Å². The van der Waals surface area contributed by atoms with Gasteiger partial charge in [0.2, 0.25) is 11.8 Å². The maximum absolute atomic E-state index is 13.6. The fourth-order valence-electron chi connectivity index (χ4n) is 4.27. The maximum Gasteiger partial charge on any atom is 0.304 e. The average molecular weight is 501 g/mol. The normalized spacial score (nSPS) is 15.1. The summed E-state index contributed by atoms with van der Waals surface area (Å²) in [6.07, 6.45) is 4.62. The Morgan fingerprint density at radius 1 is 0.971 bits per heavy atom. The van der Waals surface area contributed by atoms with Crippen molar-refractivity contribution in [2.24, 2.45) is 0 Å². The zero-order valence-corrected chi connectivity index (χ0v) is 21.6. The van der Waals surface area contributed by atoms with Crippen molar-refractivity contribution in [3.63, 3.8) is 0 Å². The SMILES string of the molecule is C[C@H](C(=O)NC1CCCC1)N(CCc1ccccc1)C(=O)CN(c1ccccc1)S(=O)(=O)N(C)C. The highest BCUT2D eigenvalue weighted by molar-refractivity contribution is 7.90. The van der Waals surface area contributed by atoms with Gasteiger partial charge in [0.15, 0.2) is 0 Å². The van der Waals surface area contributed by atoms with Gasteiger partial charge in [0.05, 0.1) is 5.69 Å². The quantitative estimate of drug-likeness (QED) is 0.514. The molecular weight excluding hydrogens is 464 g/mol. The van der Waals surface area contributed by atoms with E-state index in [0.717, 1.165) is 39.9 Å². The number of carbonyl (C=O) groups is 2. The van der Waals surface area contributed by atoms with Crippen LogP contribution in [0, 0.1) is 0 Å². The third-order valence-electron chi connectivity index (χ3n) is 6.42. The van der Waals surface area contributed by atoms with E-state index < -0.39 is 28.7 Å². The number of nitrogens with one attached hydrogen (secondary N) is 1. The van der Waals surface area contributed by atoms with Crippen LogP contribution in [0.4, 0.5) is 5.69 Å². The van der Waals surface area contributed by atoms with Crippen molar-refractivity contribution in [3.05, 3.63) is 66.2 Å². The average Bonchev–Trinajstić information content (AvgIpc) is 3.36. The van der Waals surface area contributed by atoms with Gasteiger partial charge >= 0.3 is 10.2 Å². The number of carbonyl (C=O) groups excluding carboxylic acids is 2. The van der Waals surface area contributed by atoms with Crippen LogP contribution in [0.25, 0.3) is 0 Å². The second-order valence-corrected chi connectivity index (χ2v) is 11.2. The van der Waals surface area contributed by atoms with Gasteiger partial charge in [-0.2, -0.15) is 12.7 Å². The summed E-state index contributed by atoms with van der Waals surface area (Å²) in [4.78, 5) is 28.2. The van der Waals surface area contributed by atoms with Gasteiger partial charge in [0, 0.05) is 26.7 Å². The van der Waals surface area contributed by atoms with Gasteiger partial charge in [-0.15, -0.1) is 0 Å². The lowest BCUT2D eigenvalue weighted by Crippen LogP contribution is -2.54. The van der Waals surface area contributed by atoms with Crippen molar-refractivity contribution in [1.29, 1.82) is 0 Å². The summed E-state index contributed by atoms with van der Waals surface area (Å²) >= 11 is 0. The first-order valence-electron chi connectivity index (χ1n) is 12.1. The van der Waals surface area contributed by atoms with Gasteiger partial charge in [-0.05, 0) is 43.9 Å². The summed E-state index contributed by atoms with van der Waals surface area (Å²) in [5, 5.41) is 3.07. The molecular formula is C26H36N4O4S. The van der Waals surface area contributed by atoms with Crippen molar-refractivity contribution in [2.75, 3.05) is 31.5 Å². The van der Waals surface area contributed by atoms with Crippen molar-refractivity contribution in [1.82, 2.24) is 14.5 Å². The molecule has 0 aromatic heterocycles. The Kier molecular flexibility index (Phi) is 9.28. The number of hydrogen-bond donors (Lipinski definition) is 1. The number of anilines is 1. The monoisotopic (exact) mass is 500 g/mol. The molecule has 1 atom stereocenters. The smallest absolute Gasteiger partial charge is 0.304 e. The van der Waals surface area contributed by atoms with Crippen LogP contribution in [0.1, 0.15) is 38.2 Å². The van der Waals surface area contributed by atoms with Gasteiger partial charge in [-0.3, -0.25) is 9.59 Å². The molecule has 3 rings (SSSR count). The van der Waals surface area contributed by atoms with E-state index in [9.17, 15) is 18.0 Å². The molecule has 2 aromatic rings. The molecule has 0 radical (unpaired) electrons. The zero-order chi connectivity index (χ0) is 25.4. The number of nitrogens with zero attached hydrogens (tertiary/aromatic N) is 3. The Balaban J connectivity index is 1.84. The first-order chi connectivity index (χ1) is 16.7. The lowest BCUT2D eigenvalue weighted by molar-refractivity contribution is -0.139. The van der Waals surface area contributed by atoms with E-state index in [4.69, 9.17) is 0 Å². The number of amides is 2. The topological polar surface area (TPSA) is 90.0 Å². The number of hydrogen-bond acceptors (Lipinski definition) is 4. The third-order valence-corrected chi connectivity index (χ3v) is 8.24. The summed E-state index contributed by atoms with van der Waals surface area (Å²) in [6.45, 7) is 1.60. The Labute approximate surface area is 209 Å². The highest BCUT2D eigenvalue weighted by Gasteiger charge is 2.33. The molecule has 8 nitrogen and oxygen atoms in total.